The van der Waals surface area contributed by atoms with Crippen LogP contribution in [-0.4, -0.2) is 10.8 Å². The van der Waals surface area contributed by atoms with Gasteiger partial charge in [-0.15, -0.1) is 11.3 Å². The van der Waals surface area contributed by atoms with Crippen LogP contribution in [0.25, 0.3) is 0 Å². The highest BCUT2D eigenvalue weighted by atomic mass is 32.1. The van der Waals surface area contributed by atoms with Crippen LogP contribution in [0.4, 0.5) is 4.39 Å². The molecule has 0 atom stereocenters. The number of amidine groups is 1. The summed E-state index contributed by atoms with van der Waals surface area (Å²) in [5.41, 5.74) is 6.34. The van der Waals surface area contributed by atoms with E-state index in [-0.39, 0.29) is 24.1 Å². The van der Waals surface area contributed by atoms with Crippen LogP contribution in [0.3, 0.4) is 0 Å². The maximum Gasteiger partial charge on any atom is 0.165 e. The summed E-state index contributed by atoms with van der Waals surface area (Å²) in [6.45, 7) is 4.14. The van der Waals surface area contributed by atoms with Crippen LogP contribution < -0.4 is 10.5 Å². The fourth-order valence-corrected chi connectivity index (χ4v) is 2.72. The average molecular weight is 293 g/mol. The third-order valence-corrected chi connectivity index (χ3v) is 3.75. The van der Waals surface area contributed by atoms with E-state index in [9.17, 15) is 4.39 Å². The number of halogens is 1. The van der Waals surface area contributed by atoms with Crippen LogP contribution >= 0.6 is 11.3 Å². The van der Waals surface area contributed by atoms with Crippen LogP contribution in [0.1, 0.15) is 35.3 Å². The zero-order chi connectivity index (χ0) is 14.7. The van der Waals surface area contributed by atoms with Gasteiger partial charge in [-0.1, -0.05) is 26.0 Å². The zero-order valence-electron chi connectivity index (χ0n) is 11.3. The molecule has 1 aromatic carbocycles. The third-order valence-electron chi connectivity index (χ3n) is 2.68. The molecule has 0 fully saturated rings. The number of hydrogen-bond donors (Lipinski definition) is 2. The molecule has 6 heteroatoms. The summed E-state index contributed by atoms with van der Waals surface area (Å²) in [5, 5.41) is 8.24. The highest BCUT2D eigenvalue weighted by Gasteiger charge is 2.16. The van der Waals surface area contributed by atoms with Crippen LogP contribution in [0.15, 0.2) is 24.3 Å². The number of nitrogens with one attached hydrogen (secondary N) is 1. The summed E-state index contributed by atoms with van der Waals surface area (Å²) in [6, 6.07) is 6.23. The first-order chi connectivity index (χ1) is 9.49. The lowest BCUT2D eigenvalue weighted by molar-refractivity contribution is 0.289. The van der Waals surface area contributed by atoms with Crippen molar-refractivity contribution in [3.63, 3.8) is 0 Å². The third kappa shape index (κ3) is 3.14. The van der Waals surface area contributed by atoms with E-state index in [1.54, 1.807) is 18.2 Å². The van der Waals surface area contributed by atoms with Crippen LogP contribution in [0.5, 0.6) is 5.75 Å². The van der Waals surface area contributed by atoms with Crippen LogP contribution in [0, 0.1) is 11.2 Å². The average Bonchev–Trinajstić information content (AvgIpc) is 2.82. The van der Waals surface area contributed by atoms with Gasteiger partial charge in [0.2, 0.25) is 0 Å². The number of rotatable bonds is 5. The first-order valence-corrected chi connectivity index (χ1v) is 7.02. The Bertz CT molecular complexity index is 625. The zero-order valence-corrected chi connectivity index (χ0v) is 12.1. The molecule has 2 aromatic rings. The number of nitrogens with zero attached hydrogens (tertiary/aromatic N) is 1. The Kier molecular flexibility index (Phi) is 4.34. The molecule has 0 radical (unpaired) electrons. The van der Waals surface area contributed by atoms with E-state index >= 15 is 0 Å². The molecular weight excluding hydrogens is 277 g/mol. The van der Waals surface area contributed by atoms with E-state index in [4.69, 9.17) is 15.9 Å². The predicted molar refractivity (Wildman–Crippen MR) is 78.0 cm³/mol. The monoisotopic (exact) mass is 293 g/mol. The Balaban J connectivity index is 2.16. The molecule has 0 unspecified atom stereocenters. The fraction of sp³-hybridized carbons (Fsp3) is 0.286. The number of thiazole rings is 1. The SMILES string of the molecule is CC(C)c1nc(COc2ccccc2F)sc1C(=N)N. The minimum absolute atomic E-state index is 0.00309. The molecule has 2 rings (SSSR count). The number of hydrogen-bond acceptors (Lipinski definition) is 4. The highest BCUT2D eigenvalue weighted by molar-refractivity contribution is 7.13. The van der Waals surface area contributed by atoms with Gasteiger partial charge in [-0.3, -0.25) is 5.41 Å². The molecule has 20 heavy (non-hydrogen) atoms. The van der Waals surface area contributed by atoms with Crippen molar-refractivity contribution < 1.29 is 9.13 Å². The van der Waals surface area contributed by atoms with Crippen molar-refractivity contribution in [3.8, 4) is 5.75 Å². The van der Waals surface area contributed by atoms with Crippen molar-refractivity contribution >= 4 is 17.2 Å². The van der Waals surface area contributed by atoms with E-state index in [2.05, 4.69) is 4.98 Å². The summed E-state index contributed by atoms with van der Waals surface area (Å²) in [7, 11) is 0. The number of nitrogens with two attached hydrogens (primary N) is 1. The van der Waals surface area contributed by atoms with Gasteiger partial charge in [0.05, 0.1) is 10.6 Å². The van der Waals surface area contributed by atoms with Crippen LogP contribution in [-0.2, 0) is 6.61 Å². The molecule has 3 N–H and O–H groups in total. The van der Waals surface area contributed by atoms with E-state index < -0.39 is 5.82 Å². The molecule has 0 saturated heterocycles. The molecular formula is C14H16FN3OS. The maximum absolute atomic E-state index is 13.4. The summed E-state index contributed by atoms with van der Waals surface area (Å²) >= 11 is 1.31. The Morgan fingerprint density at radius 2 is 2.15 bits per heavy atom. The van der Waals surface area contributed by atoms with Crippen molar-refractivity contribution in [2.45, 2.75) is 26.4 Å². The summed E-state index contributed by atoms with van der Waals surface area (Å²) in [4.78, 5) is 5.09. The maximum atomic E-state index is 13.4. The van der Waals surface area contributed by atoms with Gasteiger partial charge in [0.25, 0.3) is 0 Å². The van der Waals surface area contributed by atoms with Crippen molar-refractivity contribution in [1.82, 2.24) is 4.98 Å². The van der Waals surface area contributed by atoms with Gasteiger partial charge in [-0.25, -0.2) is 9.37 Å². The quantitative estimate of drug-likeness (QED) is 0.656. The van der Waals surface area contributed by atoms with Gasteiger partial charge < -0.3 is 10.5 Å². The fourth-order valence-electron chi connectivity index (χ4n) is 1.73. The second kappa shape index (κ2) is 6.00. The number of benzene rings is 1. The van der Waals surface area contributed by atoms with Crippen molar-refractivity contribution in [2.24, 2.45) is 5.73 Å². The molecule has 1 aromatic heterocycles. The number of ether oxygens (including phenoxy) is 1. The molecule has 1 heterocycles. The van der Waals surface area contributed by atoms with Crippen molar-refractivity contribution in [3.05, 3.63) is 45.7 Å². The van der Waals surface area contributed by atoms with Gasteiger partial charge >= 0.3 is 0 Å². The van der Waals surface area contributed by atoms with E-state index in [0.29, 0.717) is 9.88 Å². The minimum Gasteiger partial charge on any atom is -0.483 e. The summed E-state index contributed by atoms with van der Waals surface area (Å²) in [6.07, 6.45) is 0. The molecule has 0 amide bonds. The van der Waals surface area contributed by atoms with Gasteiger partial charge in [-0.2, -0.15) is 0 Å². The molecule has 106 valence electrons. The molecule has 0 bridgehead atoms. The number of nitrogen functional groups attached to an aromatic ring is 1. The van der Waals surface area contributed by atoms with Crippen molar-refractivity contribution in [2.75, 3.05) is 0 Å². The second-order valence-electron chi connectivity index (χ2n) is 4.61. The van der Waals surface area contributed by atoms with E-state index in [1.807, 2.05) is 13.8 Å². The smallest absolute Gasteiger partial charge is 0.165 e. The Morgan fingerprint density at radius 1 is 1.45 bits per heavy atom. The lowest BCUT2D eigenvalue weighted by Gasteiger charge is -2.04. The van der Waals surface area contributed by atoms with Gasteiger partial charge in [-0.05, 0) is 18.1 Å². The van der Waals surface area contributed by atoms with E-state index in [1.165, 1.54) is 17.4 Å². The molecule has 0 aliphatic heterocycles. The Labute approximate surface area is 120 Å². The largest absolute Gasteiger partial charge is 0.483 e. The second-order valence-corrected chi connectivity index (χ2v) is 5.69. The summed E-state index contributed by atoms with van der Waals surface area (Å²) < 4.78 is 18.8. The molecule has 0 aliphatic rings. The van der Waals surface area contributed by atoms with Gasteiger partial charge in [0.15, 0.2) is 11.6 Å². The molecule has 4 nitrogen and oxygen atoms in total. The van der Waals surface area contributed by atoms with Crippen LogP contribution in [0.2, 0.25) is 0 Å². The minimum atomic E-state index is -0.403. The lowest BCUT2D eigenvalue weighted by atomic mass is 10.1. The predicted octanol–water partition coefficient (Wildman–Crippen LogP) is 3.27. The van der Waals surface area contributed by atoms with E-state index in [0.717, 1.165) is 5.69 Å². The first-order valence-electron chi connectivity index (χ1n) is 6.20. The molecule has 0 saturated carbocycles. The first kappa shape index (κ1) is 14.5. The number of aromatic nitrogens is 1. The standard InChI is InChI=1S/C14H16FN3OS/c1-8(2)12-13(14(16)17)20-11(18-12)7-19-10-6-4-3-5-9(10)15/h3-6,8H,7H2,1-2H3,(H3,16,17). The Morgan fingerprint density at radius 3 is 2.70 bits per heavy atom. The Hall–Kier alpha value is -1.95. The van der Waals surface area contributed by atoms with Crippen molar-refractivity contribution in [1.29, 1.82) is 5.41 Å². The van der Waals surface area contributed by atoms with Gasteiger partial charge in [0, 0.05) is 0 Å². The highest BCUT2D eigenvalue weighted by Crippen LogP contribution is 2.26. The molecule has 0 aliphatic carbocycles. The molecule has 0 spiro atoms. The van der Waals surface area contributed by atoms with Gasteiger partial charge in [0.1, 0.15) is 17.5 Å². The topological polar surface area (TPSA) is 72.0 Å². The lowest BCUT2D eigenvalue weighted by Crippen LogP contribution is -2.12. The number of para-hydroxylation sites is 1. The normalized spacial score (nSPS) is 10.8. The summed E-state index contributed by atoms with van der Waals surface area (Å²) in [5.74, 6) is -0.0335.